The number of thiocarbonyl (C=S) groups is 1. The van der Waals surface area contributed by atoms with Crippen LogP contribution in [0.4, 0.5) is 19.1 Å². The lowest BCUT2D eigenvalue weighted by atomic mass is 10.3. The molecular formula is C8H8F3N2S+. The van der Waals surface area contributed by atoms with E-state index < -0.39 is 15.2 Å². The SMILES string of the molecule is C[N+](F)(C(=S)N(F)F)c1ccccc1. The van der Waals surface area contributed by atoms with Gasteiger partial charge in [-0.15, -0.1) is 0 Å². The highest BCUT2D eigenvalue weighted by Crippen LogP contribution is 2.23. The number of nitrogens with zero attached hydrogens (tertiary/aromatic N) is 2. The van der Waals surface area contributed by atoms with Crippen LogP contribution in [-0.4, -0.2) is 17.5 Å². The summed E-state index contributed by atoms with van der Waals surface area (Å²) >= 11 is 4.27. The molecule has 0 aliphatic rings. The van der Waals surface area contributed by atoms with Crippen LogP contribution in [0.25, 0.3) is 0 Å². The number of hydrogen-bond acceptors (Lipinski definition) is 1. The molecule has 1 unspecified atom stereocenters. The monoisotopic (exact) mass is 221 g/mol. The predicted octanol–water partition coefficient (Wildman–Crippen LogP) is 2.86. The van der Waals surface area contributed by atoms with Crippen molar-refractivity contribution in [3.05, 3.63) is 30.3 Å². The number of quaternary nitrogens is 1. The summed E-state index contributed by atoms with van der Waals surface area (Å²) in [6.07, 6.45) is 0. The summed E-state index contributed by atoms with van der Waals surface area (Å²) in [7, 11) is 0.948. The van der Waals surface area contributed by atoms with Gasteiger partial charge in [0.25, 0.3) is 0 Å². The highest BCUT2D eigenvalue weighted by atomic mass is 32.1. The van der Waals surface area contributed by atoms with Gasteiger partial charge in [0.1, 0.15) is 7.05 Å². The molecular weight excluding hydrogens is 213 g/mol. The van der Waals surface area contributed by atoms with Crippen molar-refractivity contribution in [1.82, 2.24) is 10.0 Å². The third-order valence-corrected chi connectivity index (χ3v) is 2.23. The molecule has 0 radical (unpaired) electrons. The van der Waals surface area contributed by atoms with Crippen LogP contribution >= 0.6 is 12.2 Å². The molecule has 6 heteroatoms. The minimum atomic E-state index is -1.64. The molecule has 0 amide bonds. The molecule has 2 nitrogen and oxygen atoms in total. The largest absolute Gasteiger partial charge is 0.375 e. The van der Waals surface area contributed by atoms with E-state index in [-0.39, 0.29) is 5.69 Å². The van der Waals surface area contributed by atoms with Gasteiger partial charge in [-0.05, 0) is 4.71 Å². The van der Waals surface area contributed by atoms with Crippen molar-refractivity contribution in [3.63, 3.8) is 0 Å². The van der Waals surface area contributed by atoms with Gasteiger partial charge in [-0.2, -0.15) is 0 Å². The second kappa shape index (κ2) is 3.93. The number of para-hydroxylation sites is 1. The van der Waals surface area contributed by atoms with Crippen molar-refractivity contribution < 1.29 is 13.4 Å². The quantitative estimate of drug-likeness (QED) is 0.530. The number of rotatable bonds is 1. The van der Waals surface area contributed by atoms with Crippen LogP contribution in [0.5, 0.6) is 0 Å². The first-order valence-corrected chi connectivity index (χ1v) is 4.15. The summed E-state index contributed by atoms with van der Waals surface area (Å²) in [5, 5.41) is -2.50. The van der Waals surface area contributed by atoms with E-state index in [1.807, 2.05) is 0 Å². The molecule has 0 fully saturated rings. The Morgan fingerprint density at radius 3 is 2.21 bits per heavy atom. The van der Waals surface area contributed by atoms with Crippen LogP contribution in [0.2, 0.25) is 0 Å². The molecule has 0 bridgehead atoms. The molecule has 1 atom stereocenters. The van der Waals surface area contributed by atoms with Crippen molar-refractivity contribution in [2.24, 2.45) is 0 Å². The van der Waals surface area contributed by atoms with Gasteiger partial charge in [-0.25, -0.2) is 0 Å². The summed E-state index contributed by atoms with van der Waals surface area (Å²) in [4.78, 5) is 0. The predicted molar refractivity (Wildman–Crippen MR) is 51.9 cm³/mol. The van der Waals surface area contributed by atoms with Gasteiger partial charge in [0.2, 0.25) is 0 Å². The fraction of sp³-hybridized carbons (Fsp3) is 0.125. The molecule has 0 aliphatic carbocycles. The van der Waals surface area contributed by atoms with Crippen molar-refractivity contribution in [2.45, 2.75) is 0 Å². The van der Waals surface area contributed by atoms with Crippen LogP contribution in [0, 0.1) is 0 Å². The van der Waals surface area contributed by atoms with Crippen LogP contribution < -0.4 is 4.71 Å². The van der Waals surface area contributed by atoms with Gasteiger partial charge in [-0.1, -0.05) is 27.2 Å². The standard InChI is InChI=1S/C8H8F3N2S/c1-13(11,8(14)12(9)10)7-5-3-2-4-6-7/h2-6H,1H3/q+1. The molecule has 0 heterocycles. The molecule has 0 N–H and O–H groups in total. The van der Waals surface area contributed by atoms with E-state index in [9.17, 15) is 13.4 Å². The maximum atomic E-state index is 13.7. The Kier molecular flexibility index (Phi) is 3.07. The van der Waals surface area contributed by atoms with Gasteiger partial charge in [-0.3, -0.25) is 0 Å². The van der Waals surface area contributed by atoms with Crippen LogP contribution in [0.1, 0.15) is 0 Å². The molecule has 14 heavy (non-hydrogen) atoms. The Morgan fingerprint density at radius 2 is 1.79 bits per heavy atom. The molecule has 0 aliphatic heterocycles. The van der Waals surface area contributed by atoms with Crippen LogP contribution in [-0.2, 0) is 0 Å². The fourth-order valence-corrected chi connectivity index (χ4v) is 1.07. The molecule has 0 saturated heterocycles. The second-order valence-corrected chi connectivity index (χ2v) is 3.11. The highest BCUT2D eigenvalue weighted by molar-refractivity contribution is 7.80. The van der Waals surface area contributed by atoms with E-state index in [2.05, 4.69) is 12.2 Å². The van der Waals surface area contributed by atoms with E-state index in [0.29, 0.717) is 0 Å². The minimum Gasteiger partial charge on any atom is -0.0618 e. The Morgan fingerprint density at radius 1 is 1.29 bits per heavy atom. The number of halogens is 3. The Bertz CT molecular complexity index is 327. The summed E-state index contributed by atoms with van der Waals surface area (Å²) in [6.45, 7) is 0. The van der Waals surface area contributed by atoms with Crippen molar-refractivity contribution >= 4 is 23.0 Å². The lowest BCUT2D eigenvalue weighted by Crippen LogP contribution is -2.45. The molecule has 0 saturated carbocycles. The first-order valence-electron chi connectivity index (χ1n) is 3.74. The summed E-state index contributed by atoms with van der Waals surface area (Å²) < 4.78 is 36.2. The van der Waals surface area contributed by atoms with Gasteiger partial charge < -0.3 is 0 Å². The van der Waals surface area contributed by atoms with Gasteiger partial charge in [0.15, 0.2) is 5.69 Å². The second-order valence-electron chi connectivity index (χ2n) is 2.75. The number of benzene rings is 1. The molecule has 76 valence electrons. The summed E-state index contributed by atoms with van der Waals surface area (Å²) in [5.41, 5.74) is 0.0535. The maximum absolute atomic E-state index is 13.7. The normalized spacial score (nSPS) is 14.6. The van der Waals surface area contributed by atoms with E-state index in [1.54, 1.807) is 18.2 Å². The first-order chi connectivity index (χ1) is 6.46. The van der Waals surface area contributed by atoms with Crippen molar-refractivity contribution in [2.75, 3.05) is 7.05 Å². The average Bonchev–Trinajstić information content (AvgIpc) is 2.18. The van der Waals surface area contributed by atoms with Gasteiger partial charge >= 0.3 is 5.11 Å². The van der Waals surface area contributed by atoms with E-state index >= 15 is 0 Å². The van der Waals surface area contributed by atoms with Gasteiger partial charge in [0.05, 0.1) is 0 Å². The Hall–Kier alpha value is -1.14. The zero-order valence-electron chi connectivity index (χ0n) is 7.32. The lowest BCUT2D eigenvalue weighted by Gasteiger charge is -2.19. The fourth-order valence-electron chi connectivity index (χ4n) is 0.960. The zero-order valence-corrected chi connectivity index (χ0v) is 8.14. The minimum absolute atomic E-state index is 0.0535. The van der Waals surface area contributed by atoms with Gasteiger partial charge in [0, 0.05) is 34.2 Å². The van der Waals surface area contributed by atoms with E-state index in [1.165, 1.54) is 12.1 Å². The third kappa shape index (κ3) is 2.02. The molecule has 1 rings (SSSR count). The first kappa shape index (κ1) is 10.9. The van der Waals surface area contributed by atoms with E-state index in [0.717, 1.165) is 7.05 Å². The Balaban J connectivity index is 3.02. The molecule has 0 spiro atoms. The summed E-state index contributed by atoms with van der Waals surface area (Å²) in [5.74, 6) is 0. The van der Waals surface area contributed by atoms with Crippen molar-refractivity contribution in [1.29, 1.82) is 0 Å². The average molecular weight is 221 g/mol. The highest BCUT2D eigenvalue weighted by Gasteiger charge is 2.38. The van der Waals surface area contributed by atoms with Crippen molar-refractivity contribution in [3.8, 4) is 0 Å². The van der Waals surface area contributed by atoms with Crippen LogP contribution in [0.15, 0.2) is 30.3 Å². The Labute approximate surface area is 84.6 Å². The molecule has 1 aromatic carbocycles. The molecule has 0 aromatic heterocycles. The molecule has 1 aromatic rings. The topological polar surface area (TPSA) is 3.24 Å². The number of hydrogen-bond donors (Lipinski definition) is 0. The van der Waals surface area contributed by atoms with Crippen LogP contribution in [0.3, 0.4) is 0 Å². The smallest absolute Gasteiger partial charge is 0.0618 e. The van der Waals surface area contributed by atoms with E-state index in [4.69, 9.17) is 0 Å². The summed E-state index contributed by atoms with van der Waals surface area (Å²) in [6, 6.07) is 7.53. The third-order valence-electron chi connectivity index (χ3n) is 1.74. The maximum Gasteiger partial charge on any atom is 0.375 e. The zero-order chi connectivity index (χ0) is 10.8. The lowest BCUT2D eigenvalue weighted by molar-refractivity contribution is -0.0920.